The van der Waals surface area contributed by atoms with Crippen LogP contribution in [0.25, 0.3) is 0 Å². The van der Waals surface area contributed by atoms with E-state index in [2.05, 4.69) is 0 Å². The monoisotopic (exact) mass is 391 g/mol. The Balaban J connectivity index is 1.75. The van der Waals surface area contributed by atoms with Gasteiger partial charge in [-0.1, -0.05) is 41.4 Å². The molecule has 1 fully saturated rings. The molecule has 2 aromatic carbocycles. The maximum atomic E-state index is 12.8. The average Bonchev–Trinajstić information content (AvgIpc) is 2.65. The van der Waals surface area contributed by atoms with Crippen molar-refractivity contribution in [1.82, 2.24) is 4.90 Å². The first kappa shape index (κ1) is 18.7. The molecule has 3 rings (SSSR count). The Hall–Kier alpha value is -2.04. The molecule has 2 aromatic rings. The fourth-order valence-corrected chi connectivity index (χ4v) is 3.54. The van der Waals surface area contributed by atoms with Crippen LogP contribution in [0.3, 0.4) is 0 Å². The number of nitrogens with zero attached hydrogens (tertiary/aromatic N) is 1. The van der Waals surface area contributed by atoms with Gasteiger partial charge in [-0.2, -0.15) is 0 Å². The number of para-hydroxylation sites is 1. The van der Waals surface area contributed by atoms with Crippen LogP contribution in [0.1, 0.15) is 35.2 Å². The second kappa shape index (κ2) is 8.56. The molecule has 0 unspecified atom stereocenters. The van der Waals surface area contributed by atoms with E-state index >= 15 is 0 Å². The third-order valence-electron chi connectivity index (χ3n) is 4.37. The number of hydrogen-bond donors (Lipinski definition) is 0. The first-order valence-corrected chi connectivity index (χ1v) is 9.33. The third-order valence-corrected chi connectivity index (χ3v) is 5.08. The second-order valence-electron chi connectivity index (χ2n) is 6.20. The highest BCUT2D eigenvalue weighted by atomic mass is 35.5. The summed E-state index contributed by atoms with van der Waals surface area (Å²) in [6, 6.07) is 11.9. The molecule has 1 aliphatic rings. The summed E-state index contributed by atoms with van der Waals surface area (Å²) >= 11 is 12.2. The predicted molar refractivity (Wildman–Crippen MR) is 102 cm³/mol. The molecule has 0 saturated carbocycles. The fraction of sp³-hybridized carbons (Fsp3) is 0.300. The van der Waals surface area contributed by atoms with Crippen molar-refractivity contribution in [2.45, 2.75) is 25.7 Å². The smallest absolute Gasteiger partial charge is 0.315 e. The van der Waals surface area contributed by atoms with E-state index in [4.69, 9.17) is 27.9 Å². The molecule has 1 aliphatic heterocycles. The van der Waals surface area contributed by atoms with Gasteiger partial charge in [-0.05, 0) is 43.5 Å². The molecule has 0 radical (unpaired) electrons. The lowest BCUT2D eigenvalue weighted by Crippen LogP contribution is -2.35. The number of amides is 1. The molecule has 1 amide bonds. The zero-order valence-corrected chi connectivity index (χ0v) is 15.7. The molecule has 0 aromatic heterocycles. The minimum Gasteiger partial charge on any atom is -0.425 e. The Labute approximate surface area is 162 Å². The Morgan fingerprint density at radius 1 is 0.923 bits per heavy atom. The second-order valence-corrected chi connectivity index (χ2v) is 7.01. The summed E-state index contributed by atoms with van der Waals surface area (Å²) in [5.74, 6) is -0.362. The number of esters is 1. The molecule has 1 heterocycles. The first-order chi connectivity index (χ1) is 12.6. The maximum absolute atomic E-state index is 12.8. The molecule has 0 N–H and O–H groups in total. The van der Waals surface area contributed by atoms with Crippen molar-refractivity contribution in [3.8, 4) is 5.75 Å². The van der Waals surface area contributed by atoms with Crippen molar-refractivity contribution in [3.05, 3.63) is 63.6 Å². The number of rotatable bonds is 4. The van der Waals surface area contributed by atoms with Crippen molar-refractivity contribution in [2.24, 2.45) is 0 Å². The summed E-state index contributed by atoms with van der Waals surface area (Å²) in [6.07, 6.45) is 3.07. The number of likely N-dealkylation sites (tertiary alicyclic amines) is 1. The highest BCUT2D eigenvalue weighted by Crippen LogP contribution is 2.26. The molecule has 6 heteroatoms. The van der Waals surface area contributed by atoms with Gasteiger partial charge in [0.25, 0.3) is 5.91 Å². The number of halogens is 2. The molecule has 0 spiro atoms. The van der Waals surface area contributed by atoms with Crippen LogP contribution >= 0.6 is 23.2 Å². The maximum Gasteiger partial charge on any atom is 0.315 e. The van der Waals surface area contributed by atoms with Crippen molar-refractivity contribution in [2.75, 3.05) is 13.1 Å². The number of carbonyl (C=O) groups is 2. The first-order valence-electron chi connectivity index (χ1n) is 8.58. The number of benzene rings is 2. The van der Waals surface area contributed by atoms with Gasteiger partial charge in [-0.25, -0.2) is 0 Å². The number of hydrogen-bond acceptors (Lipinski definition) is 3. The highest BCUT2D eigenvalue weighted by Gasteiger charge is 2.22. The summed E-state index contributed by atoms with van der Waals surface area (Å²) < 4.78 is 5.47. The van der Waals surface area contributed by atoms with Crippen LogP contribution in [0.15, 0.2) is 42.5 Å². The standard InChI is InChI=1S/C20H19Cl2NO3/c21-16-8-6-9-17(22)15(16)13-19(24)26-18-10-3-2-7-14(18)20(25)23-11-4-1-5-12-23/h2-3,6-10H,1,4-5,11-13H2. The van der Waals surface area contributed by atoms with E-state index < -0.39 is 5.97 Å². The van der Waals surface area contributed by atoms with Crippen LogP contribution in [0, 0.1) is 0 Å². The lowest BCUT2D eigenvalue weighted by atomic mass is 10.1. The number of piperidine rings is 1. The van der Waals surface area contributed by atoms with E-state index in [9.17, 15) is 9.59 Å². The van der Waals surface area contributed by atoms with E-state index in [0.717, 1.165) is 32.4 Å². The topological polar surface area (TPSA) is 46.6 Å². The zero-order chi connectivity index (χ0) is 18.5. The normalized spacial score (nSPS) is 14.2. The van der Waals surface area contributed by atoms with Crippen LogP contribution in [0.2, 0.25) is 10.0 Å². The lowest BCUT2D eigenvalue weighted by molar-refractivity contribution is -0.133. The van der Waals surface area contributed by atoms with E-state index in [1.807, 2.05) is 0 Å². The van der Waals surface area contributed by atoms with E-state index in [1.165, 1.54) is 0 Å². The quantitative estimate of drug-likeness (QED) is 0.556. The molecule has 136 valence electrons. The largest absolute Gasteiger partial charge is 0.425 e. The Bertz CT molecular complexity index is 796. The van der Waals surface area contributed by atoms with Gasteiger partial charge in [0.05, 0.1) is 12.0 Å². The Kier molecular flexibility index (Phi) is 6.17. The van der Waals surface area contributed by atoms with Crippen molar-refractivity contribution in [3.63, 3.8) is 0 Å². The van der Waals surface area contributed by atoms with Crippen molar-refractivity contribution >= 4 is 35.1 Å². The molecular formula is C20H19Cl2NO3. The molecule has 0 atom stereocenters. The molecular weight excluding hydrogens is 373 g/mol. The van der Waals surface area contributed by atoms with Gasteiger partial charge in [-0.15, -0.1) is 0 Å². The minimum atomic E-state index is -0.515. The summed E-state index contributed by atoms with van der Waals surface area (Å²) in [4.78, 5) is 26.9. The van der Waals surface area contributed by atoms with E-state index in [1.54, 1.807) is 47.4 Å². The van der Waals surface area contributed by atoms with Gasteiger partial charge < -0.3 is 9.64 Å². The molecule has 0 aliphatic carbocycles. The minimum absolute atomic E-state index is 0.0647. The van der Waals surface area contributed by atoms with Crippen molar-refractivity contribution < 1.29 is 14.3 Å². The summed E-state index contributed by atoms with van der Waals surface area (Å²) in [5, 5.41) is 0.819. The lowest BCUT2D eigenvalue weighted by Gasteiger charge is -2.27. The van der Waals surface area contributed by atoms with Gasteiger partial charge in [0.2, 0.25) is 0 Å². The van der Waals surface area contributed by atoms with E-state index in [-0.39, 0.29) is 18.1 Å². The molecule has 4 nitrogen and oxygen atoms in total. The molecule has 0 bridgehead atoms. The van der Waals surface area contributed by atoms with Gasteiger partial charge in [-0.3, -0.25) is 9.59 Å². The van der Waals surface area contributed by atoms with Gasteiger partial charge >= 0.3 is 5.97 Å². The van der Waals surface area contributed by atoms with Crippen LogP contribution in [0.5, 0.6) is 5.75 Å². The number of ether oxygens (including phenoxy) is 1. The third kappa shape index (κ3) is 4.37. The summed E-state index contributed by atoms with van der Waals surface area (Å²) in [7, 11) is 0. The van der Waals surface area contributed by atoms with Gasteiger partial charge in [0, 0.05) is 28.7 Å². The van der Waals surface area contributed by atoms with Gasteiger partial charge in [0.1, 0.15) is 5.75 Å². The van der Waals surface area contributed by atoms with Crippen LogP contribution in [-0.2, 0) is 11.2 Å². The summed E-state index contributed by atoms with van der Waals surface area (Å²) in [5.41, 5.74) is 0.911. The zero-order valence-electron chi connectivity index (χ0n) is 14.2. The van der Waals surface area contributed by atoms with Gasteiger partial charge in [0.15, 0.2) is 0 Å². The van der Waals surface area contributed by atoms with Crippen molar-refractivity contribution in [1.29, 1.82) is 0 Å². The average molecular weight is 392 g/mol. The van der Waals surface area contributed by atoms with Crippen LogP contribution in [0.4, 0.5) is 0 Å². The molecule has 1 saturated heterocycles. The summed E-state index contributed by atoms with van der Waals surface area (Å²) in [6.45, 7) is 1.46. The molecule has 26 heavy (non-hydrogen) atoms. The SMILES string of the molecule is O=C(Cc1c(Cl)cccc1Cl)Oc1ccccc1C(=O)N1CCCCC1. The van der Waals surface area contributed by atoms with Crippen LogP contribution in [-0.4, -0.2) is 29.9 Å². The van der Waals surface area contributed by atoms with Crippen LogP contribution < -0.4 is 4.74 Å². The van der Waals surface area contributed by atoms with E-state index in [0.29, 0.717) is 21.2 Å². The Morgan fingerprint density at radius 3 is 2.27 bits per heavy atom. The predicted octanol–water partition coefficient (Wildman–Crippen LogP) is 4.77. The highest BCUT2D eigenvalue weighted by molar-refractivity contribution is 6.36. The fourth-order valence-electron chi connectivity index (χ4n) is 3.00. The Morgan fingerprint density at radius 2 is 1.58 bits per heavy atom. The number of carbonyl (C=O) groups excluding carboxylic acids is 2.